The van der Waals surface area contributed by atoms with Gasteiger partial charge in [0.15, 0.2) is 13.2 Å². The van der Waals surface area contributed by atoms with Crippen molar-refractivity contribution >= 4 is 11.9 Å². The van der Waals surface area contributed by atoms with Crippen LogP contribution in [0.15, 0.2) is 0 Å². The summed E-state index contributed by atoms with van der Waals surface area (Å²) in [6, 6.07) is 0. The lowest BCUT2D eigenvalue weighted by Gasteiger charge is -2.00. The summed E-state index contributed by atoms with van der Waals surface area (Å²) < 4.78 is 9.43. The molecule has 0 bridgehead atoms. The molecular formula is C12H22NO7+. The fourth-order valence-corrected chi connectivity index (χ4v) is 1.16. The minimum Gasteiger partial charge on any atom is -0.466 e. The summed E-state index contributed by atoms with van der Waals surface area (Å²) in [6.07, 6.45) is 2.41. The largest absolute Gasteiger partial charge is 0.477 e. The van der Waals surface area contributed by atoms with Crippen LogP contribution in [0.2, 0.25) is 0 Å². The van der Waals surface area contributed by atoms with Crippen molar-refractivity contribution in [2.75, 3.05) is 26.4 Å². The fourth-order valence-electron chi connectivity index (χ4n) is 1.16. The summed E-state index contributed by atoms with van der Waals surface area (Å²) in [7, 11) is 0. The van der Waals surface area contributed by atoms with Crippen LogP contribution in [0.4, 0.5) is 0 Å². The van der Waals surface area contributed by atoms with Crippen LogP contribution in [0, 0.1) is 4.91 Å². The smallest absolute Gasteiger partial charge is 0.466 e. The number of hydrogen-bond donors (Lipinski definition) is 0. The van der Waals surface area contributed by atoms with Crippen molar-refractivity contribution in [1.82, 2.24) is 0 Å². The molecule has 0 fully saturated rings. The monoisotopic (exact) mass is 292 g/mol. The van der Waals surface area contributed by atoms with Crippen LogP contribution in [-0.2, 0) is 28.7 Å². The molecule has 0 rings (SSSR count). The van der Waals surface area contributed by atoms with Crippen molar-refractivity contribution in [3.8, 4) is 0 Å². The molecule has 0 aromatic rings. The number of hydrogen-bond acceptors (Lipinski definition) is 7. The zero-order valence-electron chi connectivity index (χ0n) is 12.0. The van der Waals surface area contributed by atoms with Crippen molar-refractivity contribution in [1.29, 1.82) is 0 Å². The normalized spacial score (nSPS) is 9.70. The Balaban J connectivity index is 3.24. The number of esters is 2. The molecule has 0 atom stereocenters. The Labute approximate surface area is 117 Å². The maximum atomic E-state index is 11.0. The van der Waals surface area contributed by atoms with Gasteiger partial charge < -0.3 is 9.47 Å². The number of nitrogens with zero attached hydrogens (tertiary/aromatic N) is 1. The van der Waals surface area contributed by atoms with Crippen LogP contribution in [0.1, 0.15) is 39.5 Å². The van der Waals surface area contributed by atoms with Gasteiger partial charge in [-0.25, -0.2) is 0 Å². The van der Waals surface area contributed by atoms with Crippen molar-refractivity contribution in [2.45, 2.75) is 39.5 Å². The zero-order chi connectivity index (χ0) is 15.2. The molecule has 0 radical (unpaired) electrons. The van der Waals surface area contributed by atoms with Gasteiger partial charge in [0.1, 0.15) is 4.91 Å². The zero-order valence-corrected chi connectivity index (χ0v) is 12.0. The Kier molecular flexibility index (Phi) is 11.1. The van der Waals surface area contributed by atoms with E-state index in [1.54, 1.807) is 0 Å². The van der Waals surface area contributed by atoms with E-state index < -0.39 is 0 Å². The first-order valence-corrected chi connectivity index (χ1v) is 6.52. The molecular weight excluding hydrogens is 270 g/mol. The highest BCUT2D eigenvalue weighted by Crippen LogP contribution is 1.95. The maximum absolute atomic E-state index is 11.0. The van der Waals surface area contributed by atoms with Gasteiger partial charge in [0, 0.05) is 13.8 Å². The first-order valence-electron chi connectivity index (χ1n) is 6.52. The summed E-state index contributed by atoms with van der Waals surface area (Å²) >= 11 is 0. The van der Waals surface area contributed by atoms with Crippen LogP contribution in [-0.4, -0.2) is 43.5 Å². The second-order valence-electron chi connectivity index (χ2n) is 3.98. The van der Waals surface area contributed by atoms with Crippen LogP contribution >= 0.6 is 0 Å². The van der Waals surface area contributed by atoms with Gasteiger partial charge in [0.25, 0.3) is 0 Å². The molecule has 0 unspecified atom stereocenters. The average molecular weight is 292 g/mol. The van der Waals surface area contributed by atoms with E-state index in [4.69, 9.17) is 19.1 Å². The lowest BCUT2D eigenvalue weighted by molar-refractivity contribution is -0.981. The van der Waals surface area contributed by atoms with Crippen molar-refractivity contribution in [3.63, 3.8) is 0 Å². The summed E-state index contributed by atoms with van der Waals surface area (Å²) in [5.41, 5.74) is 0. The SMILES string of the molecule is CC(=O)OCCCCO[N+](=O)OCCCCOC(C)=O. The van der Waals surface area contributed by atoms with E-state index in [-0.39, 0.29) is 30.2 Å². The average Bonchev–Trinajstić information content (AvgIpc) is 2.37. The predicted molar refractivity (Wildman–Crippen MR) is 67.3 cm³/mol. The molecule has 8 nitrogen and oxygen atoms in total. The molecule has 0 spiro atoms. The van der Waals surface area contributed by atoms with Gasteiger partial charge >= 0.3 is 17.0 Å². The van der Waals surface area contributed by atoms with E-state index >= 15 is 0 Å². The molecule has 116 valence electrons. The van der Waals surface area contributed by atoms with E-state index in [2.05, 4.69) is 0 Å². The molecule has 0 aliphatic rings. The van der Waals surface area contributed by atoms with Crippen LogP contribution in [0.25, 0.3) is 0 Å². The Morgan fingerprint density at radius 1 is 0.750 bits per heavy atom. The van der Waals surface area contributed by atoms with E-state index in [0.717, 1.165) is 0 Å². The molecule has 20 heavy (non-hydrogen) atoms. The van der Waals surface area contributed by atoms with Gasteiger partial charge in [-0.15, -0.1) is 0 Å². The Hall–Kier alpha value is -1.86. The van der Waals surface area contributed by atoms with Gasteiger partial charge in [0.2, 0.25) is 0 Å². The molecule has 0 saturated carbocycles. The predicted octanol–water partition coefficient (Wildman–Crippen LogP) is 1.32. The number of carbonyl (C=O) groups excluding carboxylic acids is 2. The second kappa shape index (κ2) is 12.2. The molecule has 0 aliphatic carbocycles. The van der Waals surface area contributed by atoms with E-state index in [9.17, 15) is 14.5 Å². The van der Waals surface area contributed by atoms with Gasteiger partial charge in [0.05, 0.1) is 13.2 Å². The molecule has 0 heterocycles. The Bertz CT molecular complexity index is 278. The van der Waals surface area contributed by atoms with Gasteiger partial charge in [-0.2, -0.15) is 9.68 Å². The van der Waals surface area contributed by atoms with E-state index in [1.807, 2.05) is 0 Å². The third-order valence-corrected chi connectivity index (χ3v) is 2.08. The first-order chi connectivity index (χ1) is 9.52. The molecule has 0 amide bonds. The number of carbonyl (C=O) groups is 2. The molecule has 0 aromatic heterocycles. The fraction of sp³-hybridized carbons (Fsp3) is 0.833. The highest BCUT2D eigenvalue weighted by atomic mass is 17.0. The topological polar surface area (TPSA) is 91.1 Å². The minimum absolute atomic E-state index is 0.0671. The van der Waals surface area contributed by atoms with Crippen molar-refractivity contribution in [3.05, 3.63) is 4.91 Å². The second-order valence-corrected chi connectivity index (χ2v) is 3.98. The van der Waals surface area contributed by atoms with Crippen LogP contribution < -0.4 is 0 Å². The maximum Gasteiger partial charge on any atom is 0.477 e. The lowest BCUT2D eigenvalue weighted by atomic mass is 10.3. The minimum atomic E-state index is -0.326. The van der Waals surface area contributed by atoms with Gasteiger partial charge in [-0.1, -0.05) is 0 Å². The number of ether oxygens (including phenoxy) is 2. The number of rotatable bonds is 12. The Morgan fingerprint density at radius 3 is 1.45 bits per heavy atom. The summed E-state index contributed by atoms with van der Waals surface area (Å²) in [5, 5.41) is 0.0671. The van der Waals surface area contributed by atoms with Crippen LogP contribution in [0.5, 0.6) is 0 Å². The van der Waals surface area contributed by atoms with Gasteiger partial charge in [-0.05, 0) is 25.7 Å². The summed E-state index contributed by atoms with van der Waals surface area (Å²) in [4.78, 5) is 41.4. The quantitative estimate of drug-likeness (QED) is 0.304. The third kappa shape index (κ3) is 14.2. The van der Waals surface area contributed by atoms with E-state index in [1.165, 1.54) is 13.8 Å². The standard InChI is InChI=1S/C12H22NO7/c1-11(14)17-7-3-5-9-19-13(16)20-10-6-4-8-18-12(2)15/h3-10H2,1-2H3/q+1. The van der Waals surface area contributed by atoms with Crippen molar-refractivity contribution < 1.29 is 33.8 Å². The molecule has 0 N–H and O–H groups in total. The molecule has 8 heteroatoms. The number of unbranched alkanes of at least 4 members (excludes halogenated alkanes) is 2. The van der Waals surface area contributed by atoms with Crippen LogP contribution in [0.3, 0.4) is 0 Å². The molecule has 0 aromatic carbocycles. The molecule has 0 saturated heterocycles. The first kappa shape index (κ1) is 18.1. The van der Waals surface area contributed by atoms with Gasteiger partial charge in [-0.3, -0.25) is 9.59 Å². The lowest BCUT2D eigenvalue weighted by Crippen LogP contribution is -2.13. The summed E-state index contributed by atoms with van der Waals surface area (Å²) in [6.45, 7) is 3.69. The molecule has 0 aliphatic heterocycles. The highest BCUT2D eigenvalue weighted by Gasteiger charge is 2.11. The highest BCUT2D eigenvalue weighted by molar-refractivity contribution is 5.66. The van der Waals surface area contributed by atoms with Crippen molar-refractivity contribution in [2.24, 2.45) is 0 Å². The summed E-state index contributed by atoms with van der Waals surface area (Å²) in [5.74, 6) is -0.651. The van der Waals surface area contributed by atoms with E-state index in [0.29, 0.717) is 38.9 Å². The third-order valence-electron chi connectivity index (χ3n) is 2.08. The Morgan fingerprint density at radius 2 is 1.10 bits per heavy atom.